The fraction of sp³-hybridized carbons (Fsp3) is 1.00. The van der Waals surface area contributed by atoms with Crippen molar-refractivity contribution in [1.82, 2.24) is 58.1 Å². The van der Waals surface area contributed by atoms with Crippen molar-refractivity contribution in [3.05, 3.63) is 0 Å². The summed E-state index contributed by atoms with van der Waals surface area (Å²) in [6, 6.07) is 0.700. The molecule has 2 fully saturated rings. The van der Waals surface area contributed by atoms with Crippen molar-refractivity contribution in [1.29, 1.82) is 0 Å². The Bertz CT molecular complexity index is 432. The van der Waals surface area contributed by atoms with E-state index in [4.69, 9.17) is 0 Å². The number of rotatable bonds is 0. The Morgan fingerprint density at radius 2 is 0.676 bits per heavy atom. The van der Waals surface area contributed by atoms with E-state index in [1.165, 1.54) is 25.8 Å². The molecule has 10 N–H and O–H groups in total. The molecule has 0 saturated carbocycles. The lowest BCUT2D eigenvalue weighted by Gasteiger charge is -2.25. The molecule has 11 heteroatoms. The highest BCUT2D eigenvalue weighted by Crippen LogP contribution is 2.15. The summed E-state index contributed by atoms with van der Waals surface area (Å²) in [6.07, 6.45) is 3.84. The zero-order chi connectivity index (χ0) is 25.9. The second kappa shape index (κ2) is 25.8. The van der Waals surface area contributed by atoms with Gasteiger partial charge in [-0.15, -0.1) is 0 Å². The van der Waals surface area contributed by atoms with E-state index in [1.807, 2.05) is 0 Å². The Balaban J connectivity index is 1.51. The molecule has 1 atom stereocenters. The fourth-order valence-electron chi connectivity index (χ4n) is 4.79. The first-order chi connectivity index (χ1) is 18.5. The van der Waals surface area contributed by atoms with Crippen LogP contribution in [0.25, 0.3) is 0 Å². The van der Waals surface area contributed by atoms with E-state index in [-0.39, 0.29) is 0 Å². The van der Waals surface area contributed by atoms with Gasteiger partial charge in [-0.2, -0.15) is 0 Å². The van der Waals surface area contributed by atoms with Gasteiger partial charge in [0.25, 0.3) is 0 Å². The van der Waals surface area contributed by atoms with Gasteiger partial charge in [-0.25, -0.2) is 0 Å². The molecule has 0 aromatic rings. The summed E-state index contributed by atoms with van der Waals surface area (Å²) >= 11 is 0. The van der Waals surface area contributed by atoms with E-state index in [1.54, 1.807) is 0 Å². The molecule has 2 rings (SSSR count). The molecule has 0 aromatic carbocycles. The normalized spacial score (nSPS) is 27.1. The SMILES string of the molecule is C1CNCCNCCNCCNCCNCCNCCNCCN2CCCC2CNCCNCCNC1. The van der Waals surface area contributed by atoms with Crippen molar-refractivity contribution in [2.45, 2.75) is 25.3 Å². The van der Waals surface area contributed by atoms with Crippen LogP contribution >= 0.6 is 0 Å². The highest BCUT2D eigenvalue weighted by Gasteiger charge is 2.23. The van der Waals surface area contributed by atoms with Crippen molar-refractivity contribution in [2.75, 3.05) is 144 Å². The minimum Gasteiger partial charge on any atom is -0.315 e. The van der Waals surface area contributed by atoms with E-state index in [2.05, 4.69) is 58.1 Å². The maximum Gasteiger partial charge on any atom is 0.0221 e. The van der Waals surface area contributed by atoms with Crippen LogP contribution in [0.4, 0.5) is 0 Å². The lowest BCUT2D eigenvalue weighted by Crippen LogP contribution is -2.43. The first kappa shape index (κ1) is 32.8. The molecule has 11 nitrogen and oxygen atoms in total. The summed E-state index contributed by atoms with van der Waals surface area (Å²) in [4.78, 5) is 2.66. The quantitative estimate of drug-likeness (QED) is 0.156. The third-order valence-electron chi connectivity index (χ3n) is 6.99. The van der Waals surface area contributed by atoms with Gasteiger partial charge in [0.2, 0.25) is 0 Å². The molecule has 0 aliphatic carbocycles. The molecule has 0 amide bonds. The van der Waals surface area contributed by atoms with Crippen molar-refractivity contribution in [2.24, 2.45) is 0 Å². The molecule has 0 aromatic heterocycles. The summed E-state index contributed by atoms with van der Waals surface area (Å²) in [5.41, 5.74) is 0. The van der Waals surface area contributed by atoms with Crippen LogP contribution in [0, 0.1) is 0 Å². The highest BCUT2D eigenvalue weighted by atomic mass is 15.2. The molecule has 2 saturated heterocycles. The lowest BCUT2D eigenvalue weighted by atomic mass is 10.2. The summed E-state index contributed by atoms with van der Waals surface area (Å²) < 4.78 is 0. The monoisotopic (exact) mass is 528 g/mol. The molecule has 2 aliphatic heterocycles. The Hall–Kier alpha value is -0.440. The molecule has 2 heterocycles. The molecule has 0 spiro atoms. The van der Waals surface area contributed by atoms with E-state index in [0.29, 0.717) is 6.04 Å². The number of fused-ring (bicyclic) bond motifs is 1. The second-order valence-corrected chi connectivity index (χ2v) is 10.1. The van der Waals surface area contributed by atoms with Crippen LogP contribution in [0.3, 0.4) is 0 Å². The van der Waals surface area contributed by atoms with Gasteiger partial charge in [0.05, 0.1) is 0 Å². The first-order valence-corrected chi connectivity index (χ1v) is 15.3. The minimum atomic E-state index is 0.700. The topological polar surface area (TPSA) is 124 Å². The molecule has 2 aliphatic rings. The molecule has 220 valence electrons. The summed E-state index contributed by atoms with van der Waals surface area (Å²) in [5, 5.41) is 35.4. The second-order valence-electron chi connectivity index (χ2n) is 10.1. The highest BCUT2D eigenvalue weighted by molar-refractivity contribution is 4.81. The van der Waals surface area contributed by atoms with Crippen LogP contribution in [0.5, 0.6) is 0 Å². The average Bonchev–Trinajstić information content (AvgIpc) is 3.36. The van der Waals surface area contributed by atoms with Crippen molar-refractivity contribution < 1.29 is 0 Å². The van der Waals surface area contributed by atoms with E-state index in [9.17, 15) is 0 Å². The minimum absolute atomic E-state index is 0.700. The Kier molecular flexibility index (Phi) is 22.9. The molecule has 1 unspecified atom stereocenters. The van der Waals surface area contributed by atoms with Crippen LogP contribution < -0.4 is 53.2 Å². The van der Waals surface area contributed by atoms with E-state index < -0.39 is 0 Å². The summed E-state index contributed by atoms with van der Waals surface area (Å²) in [6.45, 7) is 23.2. The van der Waals surface area contributed by atoms with Gasteiger partial charge in [0, 0.05) is 130 Å². The molecule has 0 radical (unpaired) electrons. The first-order valence-electron chi connectivity index (χ1n) is 15.3. The Morgan fingerprint density at radius 1 is 0.324 bits per heavy atom. The van der Waals surface area contributed by atoms with Gasteiger partial charge in [-0.05, 0) is 38.9 Å². The van der Waals surface area contributed by atoms with Gasteiger partial charge in [0.15, 0.2) is 0 Å². The molecular weight excluding hydrogens is 466 g/mol. The Morgan fingerprint density at radius 3 is 1.11 bits per heavy atom. The number of nitrogens with one attached hydrogen (secondary N) is 10. The van der Waals surface area contributed by atoms with Gasteiger partial charge in [-0.1, -0.05) is 0 Å². The van der Waals surface area contributed by atoms with Crippen LogP contribution in [0.15, 0.2) is 0 Å². The molecule has 37 heavy (non-hydrogen) atoms. The average molecular weight is 528 g/mol. The third kappa shape index (κ3) is 20.2. The maximum absolute atomic E-state index is 3.67. The van der Waals surface area contributed by atoms with Crippen molar-refractivity contribution >= 4 is 0 Å². The van der Waals surface area contributed by atoms with Gasteiger partial charge in [0.1, 0.15) is 0 Å². The zero-order valence-electron chi connectivity index (χ0n) is 23.7. The molecular formula is C26H61N11. The zero-order valence-corrected chi connectivity index (χ0v) is 23.7. The van der Waals surface area contributed by atoms with Gasteiger partial charge in [-0.3, -0.25) is 4.90 Å². The standard InChI is InChI=1S/C26H61N11/c1-3-26-25-36-21-20-34-9-7-28-5-2-4-27-6-8-29-10-11-30-12-13-31-14-15-32-16-17-33-18-19-35-22-24-37(26)23-1/h26-36H,1-25H2. The van der Waals surface area contributed by atoms with Crippen LogP contribution in [-0.4, -0.2) is 155 Å². The lowest BCUT2D eigenvalue weighted by molar-refractivity contribution is 0.248. The summed E-state index contributed by atoms with van der Waals surface area (Å²) in [7, 11) is 0. The van der Waals surface area contributed by atoms with Gasteiger partial charge < -0.3 is 53.2 Å². The molecule has 0 bridgehead atoms. The number of nitrogens with zero attached hydrogens (tertiary/aromatic N) is 1. The van der Waals surface area contributed by atoms with E-state index >= 15 is 0 Å². The number of hydrogen-bond acceptors (Lipinski definition) is 11. The predicted molar refractivity (Wildman–Crippen MR) is 158 cm³/mol. The van der Waals surface area contributed by atoms with E-state index in [0.717, 1.165) is 137 Å². The van der Waals surface area contributed by atoms with Crippen molar-refractivity contribution in [3.63, 3.8) is 0 Å². The van der Waals surface area contributed by atoms with Crippen LogP contribution in [0.2, 0.25) is 0 Å². The predicted octanol–water partition coefficient (Wildman–Crippen LogP) is -3.25. The number of hydrogen-bond donors (Lipinski definition) is 10. The van der Waals surface area contributed by atoms with Crippen molar-refractivity contribution in [3.8, 4) is 0 Å². The van der Waals surface area contributed by atoms with Crippen LogP contribution in [0.1, 0.15) is 19.3 Å². The largest absolute Gasteiger partial charge is 0.315 e. The Labute approximate surface area is 227 Å². The maximum atomic E-state index is 3.67. The fourth-order valence-corrected chi connectivity index (χ4v) is 4.79. The van der Waals surface area contributed by atoms with Crippen LogP contribution in [-0.2, 0) is 0 Å². The summed E-state index contributed by atoms with van der Waals surface area (Å²) in [5.74, 6) is 0. The van der Waals surface area contributed by atoms with Gasteiger partial charge >= 0.3 is 0 Å². The smallest absolute Gasteiger partial charge is 0.0221 e. The third-order valence-corrected chi connectivity index (χ3v) is 6.99.